The van der Waals surface area contributed by atoms with Crippen molar-refractivity contribution < 1.29 is 9.32 Å². The largest absolute Gasteiger partial charge is 0.352 e. The molecule has 0 aliphatic carbocycles. The average Bonchev–Trinajstić information content (AvgIpc) is 3.29. The van der Waals surface area contributed by atoms with Crippen LogP contribution in [0.1, 0.15) is 23.9 Å². The summed E-state index contributed by atoms with van der Waals surface area (Å²) in [5, 5.41) is 12.5. The molecule has 0 aliphatic heterocycles. The number of hydrogen-bond donors (Lipinski definition) is 1. The molecule has 0 saturated heterocycles. The molecule has 0 unspecified atom stereocenters. The first-order valence-electron chi connectivity index (χ1n) is 8.97. The van der Waals surface area contributed by atoms with E-state index in [0.717, 1.165) is 29.6 Å². The molecule has 1 N–H and O–H groups in total. The van der Waals surface area contributed by atoms with Gasteiger partial charge < -0.3 is 13.7 Å². The number of carbonyl (C=O) groups is 1. The third-order valence-corrected chi connectivity index (χ3v) is 4.58. The number of hydrogen-bond acceptors (Lipinski definition) is 4. The van der Waals surface area contributed by atoms with Crippen LogP contribution in [0.15, 0.2) is 65.2 Å². The maximum absolute atomic E-state index is 12.8. The van der Waals surface area contributed by atoms with Crippen molar-refractivity contribution in [2.75, 3.05) is 0 Å². The number of ketones is 1. The lowest BCUT2D eigenvalue weighted by molar-refractivity contribution is 0.0935. The van der Waals surface area contributed by atoms with Gasteiger partial charge in [0.15, 0.2) is 0 Å². The molecular weight excluding hydrogens is 340 g/mol. The Kier molecular flexibility index (Phi) is 4.46. The van der Waals surface area contributed by atoms with Crippen molar-refractivity contribution in [3.05, 3.63) is 72.0 Å². The van der Waals surface area contributed by atoms with Gasteiger partial charge in [0, 0.05) is 18.2 Å². The monoisotopic (exact) mass is 360 g/mol. The maximum atomic E-state index is 12.8. The molecule has 6 heteroatoms. The summed E-state index contributed by atoms with van der Waals surface area (Å²) in [6.45, 7) is 2.85. The quantitative estimate of drug-likeness (QED) is 0.530. The van der Waals surface area contributed by atoms with Crippen molar-refractivity contribution in [3.63, 3.8) is 0 Å². The van der Waals surface area contributed by atoms with Gasteiger partial charge in [-0.25, -0.2) is 0 Å². The Labute approximate surface area is 156 Å². The van der Waals surface area contributed by atoms with Gasteiger partial charge >= 0.3 is 0 Å². The lowest BCUT2D eigenvalue weighted by Gasteiger charge is -2.02. The molecule has 0 bridgehead atoms. The van der Waals surface area contributed by atoms with E-state index in [1.165, 1.54) is 0 Å². The van der Waals surface area contributed by atoms with Crippen LogP contribution in [0.4, 0.5) is 0 Å². The molecule has 2 aromatic carbocycles. The molecular formula is C21H20N4O2. The number of Topliss-reactive ketones (excluding diaryl/α,β-unsaturated/α-hetero) is 1. The molecule has 4 rings (SSSR count). The number of imidazole rings is 1. The van der Waals surface area contributed by atoms with E-state index in [0.29, 0.717) is 11.3 Å². The highest BCUT2D eigenvalue weighted by atomic mass is 16.5. The third kappa shape index (κ3) is 3.10. The zero-order chi connectivity index (χ0) is 18.8. The smallest absolute Gasteiger partial charge is 0.220 e. The molecule has 4 aromatic rings. The molecule has 0 radical (unpaired) electrons. The van der Waals surface area contributed by atoms with E-state index in [9.17, 15) is 4.79 Å². The highest BCUT2D eigenvalue weighted by Gasteiger charge is 2.18. The molecule has 0 atom stereocenters. The van der Waals surface area contributed by atoms with Crippen molar-refractivity contribution in [2.45, 2.75) is 26.4 Å². The summed E-state index contributed by atoms with van der Waals surface area (Å²) in [7, 11) is 0. The highest BCUT2D eigenvalue weighted by Crippen LogP contribution is 2.20. The van der Waals surface area contributed by atoms with Crippen molar-refractivity contribution in [2.24, 2.45) is 0 Å². The van der Waals surface area contributed by atoms with E-state index < -0.39 is 0 Å². The van der Waals surface area contributed by atoms with Crippen molar-refractivity contribution in [1.82, 2.24) is 14.3 Å². The van der Waals surface area contributed by atoms with Gasteiger partial charge in [0.05, 0.1) is 17.6 Å². The first-order chi connectivity index (χ1) is 13.2. The van der Waals surface area contributed by atoms with E-state index in [1.807, 2.05) is 59.2 Å². The second-order valence-electron chi connectivity index (χ2n) is 6.42. The van der Waals surface area contributed by atoms with Gasteiger partial charge in [-0.3, -0.25) is 10.2 Å². The number of aromatic nitrogens is 3. The Bertz CT molecular complexity index is 1150. The van der Waals surface area contributed by atoms with E-state index in [4.69, 9.17) is 9.93 Å². The summed E-state index contributed by atoms with van der Waals surface area (Å²) < 4.78 is 8.93. The Morgan fingerprint density at radius 3 is 2.41 bits per heavy atom. The molecule has 0 fully saturated rings. The Balaban J connectivity index is 1.67. The molecule has 27 heavy (non-hydrogen) atoms. The standard InChI is InChI=1S/C21H20N4O2/c1-2-12-24-17-10-6-7-11-18(17)25(21(24)22)14-19(26)20-13-16(23-27-20)15-8-4-3-5-9-15/h3-11,13,22H,2,12,14H2,1H3. The summed E-state index contributed by atoms with van der Waals surface area (Å²) in [5.41, 5.74) is 3.66. The number of nitrogens with zero attached hydrogens (tertiary/aromatic N) is 3. The first kappa shape index (κ1) is 17.0. The zero-order valence-electron chi connectivity index (χ0n) is 15.1. The van der Waals surface area contributed by atoms with E-state index in [2.05, 4.69) is 12.1 Å². The van der Waals surface area contributed by atoms with Gasteiger partial charge in [0.2, 0.25) is 17.2 Å². The molecule has 2 heterocycles. The van der Waals surface area contributed by atoms with Gasteiger partial charge in [0.1, 0.15) is 5.69 Å². The van der Waals surface area contributed by atoms with E-state index in [-0.39, 0.29) is 18.1 Å². The molecule has 0 spiro atoms. The predicted molar refractivity (Wildman–Crippen MR) is 102 cm³/mol. The van der Waals surface area contributed by atoms with Gasteiger partial charge in [-0.2, -0.15) is 0 Å². The Morgan fingerprint density at radius 1 is 1.04 bits per heavy atom. The fourth-order valence-corrected chi connectivity index (χ4v) is 3.28. The second kappa shape index (κ2) is 7.07. The molecule has 0 saturated carbocycles. The number of aryl methyl sites for hydroxylation is 1. The van der Waals surface area contributed by atoms with Crippen LogP contribution in [0.2, 0.25) is 0 Å². The Morgan fingerprint density at radius 2 is 1.70 bits per heavy atom. The normalized spacial score (nSPS) is 11.1. The molecule has 2 aromatic heterocycles. The van der Waals surface area contributed by atoms with Crippen molar-refractivity contribution >= 4 is 16.8 Å². The van der Waals surface area contributed by atoms with Crippen LogP contribution in [0, 0.1) is 5.41 Å². The highest BCUT2D eigenvalue weighted by molar-refractivity contribution is 5.95. The third-order valence-electron chi connectivity index (χ3n) is 4.58. The average molecular weight is 360 g/mol. The molecule has 0 aliphatic rings. The number of benzene rings is 2. The molecule has 0 amide bonds. The summed E-state index contributed by atoms with van der Waals surface area (Å²) in [6.07, 6.45) is 0.918. The van der Waals surface area contributed by atoms with E-state index in [1.54, 1.807) is 10.6 Å². The Hall–Kier alpha value is -3.41. The summed E-state index contributed by atoms with van der Waals surface area (Å²) in [5.74, 6) is -0.00402. The van der Waals surface area contributed by atoms with Crippen molar-refractivity contribution in [1.29, 1.82) is 5.41 Å². The maximum Gasteiger partial charge on any atom is 0.220 e. The van der Waals surface area contributed by atoms with Crippen LogP contribution in [0.3, 0.4) is 0 Å². The molecule has 136 valence electrons. The van der Waals surface area contributed by atoms with Gasteiger partial charge in [0.25, 0.3) is 0 Å². The van der Waals surface area contributed by atoms with Crippen LogP contribution in [-0.2, 0) is 13.1 Å². The summed E-state index contributed by atoms with van der Waals surface area (Å²) in [4.78, 5) is 12.8. The van der Waals surface area contributed by atoms with Crippen LogP contribution >= 0.6 is 0 Å². The second-order valence-corrected chi connectivity index (χ2v) is 6.42. The molecule has 6 nitrogen and oxygen atoms in total. The van der Waals surface area contributed by atoms with Gasteiger partial charge in [-0.05, 0) is 18.6 Å². The number of carbonyl (C=O) groups excluding carboxylic acids is 1. The zero-order valence-corrected chi connectivity index (χ0v) is 15.1. The number of rotatable bonds is 6. The van der Waals surface area contributed by atoms with Crippen LogP contribution in [0.5, 0.6) is 0 Å². The summed E-state index contributed by atoms with van der Waals surface area (Å²) >= 11 is 0. The van der Waals surface area contributed by atoms with Crippen LogP contribution in [-0.4, -0.2) is 20.1 Å². The summed E-state index contributed by atoms with van der Waals surface area (Å²) in [6, 6.07) is 19.0. The fourth-order valence-electron chi connectivity index (χ4n) is 3.28. The van der Waals surface area contributed by atoms with Crippen LogP contribution in [0.25, 0.3) is 22.3 Å². The lowest BCUT2D eigenvalue weighted by atomic mass is 10.1. The van der Waals surface area contributed by atoms with Gasteiger partial charge in [-0.15, -0.1) is 0 Å². The minimum atomic E-state index is -0.206. The van der Waals surface area contributed by atoms with E-state index >= 15 is 0 Å². The first-order valence-corrected chi connectivity index (χ1v) is 8.97. The minimum absolute atomic E-state index is 0.0412. The predicted octanol–water partition coefficient (Wildman–Crippen LogP) is 3.87. The minimum Gasteiger partial charge on any atom is -0.352 e. The lowest BCUT2D eigenvalue weighted by Crippen LogP contribution is -2.27. The van der Waals surface area contributed by atoms with Gasteiger partial charge in [-0.1, -0.05) is 54.5 Å². The number of fused-ring (bicyclic) bond motifs is 1. The number of para-hydroxylation sites is 2. The fraction of sp³-hybridized carbons (Fsp3) is 0.190. The SMILES string of the molecule is CCCn1c(=N)n(CC(=O)c2cc(-c3ccccc3)no2)c2ccccc21. The van der Waals surface area contributed by atoms with Crippen LogP contribution < -0.4 is 5.62 Å². The topological polar surface area (TPSA) is 76.8 Å². The number of nitrogens with one attached hydrogen (secondary N) is 1. The van der Waals surface area contributed by atoms with Crippen molar-refractivity contribution in [3.8, 4) is 11.3 Å².